The van der Waals surface area contributed by atoms with Crippen LogP contribution in [0.3, 0.4) is 0 Å². The van der Waals surface area contributed by atoms with Gasteiger partial charge in [0.05, 0.1) is 19.2 Å². The van der Waals surface area contributed by atoms with Crippen LogP contribution >= 0.6 is 0 Å². The van der Waals surface area contributed by atoms with Crippen LogP contribution in [-0.4, -0.2) is 62.0 Å². The fourth-order valence-electron chi connectivity index (χ4n) is 3.90. The number of benzene rings is 1. The van der Waals surface area contributed by atoms with E-state index in [1.807, 2.05) is 12.1 Å². The van der Waals surface area contributed by atoms with Crippen molar-refractivity contribution in [3.63, 3.8) is 0 Å². The third-order valence-corrected chi connectivity index (χ3v) is 5.30. The summed E-state index contributed by atoms with van der Waals surface area (Å²) in [4.78, 5) is 40.3. The third-order valence-electron chi connectivity index (χ3n) is 5.30. The number of anilines is 1. The van der Waals surface area contributed by atoms with E-state index < -0.39 is 11.9 Å². The molecular weight excluding hydrogens is 336 g/mol. The molecule has 2 saturated heterocycles. The zero-order valence-electron chi connectivity index (χ0n) is 14.7. The number of carbonyl (C=O) groups is 3. The van der Waals surface area contributed by atoms with E-state index >= 15 is 0 Å². The number of amides is 3. The first-order valence-electron chi connectivity index (χ1n) is 8.89. The summed E-state index contributed by atoms with van der Waals surface area (Å²) in [5.41, 5.74) is 2.35. The molecule has 8 nitrogen and oxygen atoms in total. The van der Waals surface area contributed by atoms with Gasteiger partial charge in [0, 0.05) is 49.9 Å². The van der Waals surface area contributed by atoms with Gasteiger partial charge in [-0.2, -0.15) is 0 Å². The lowest BCUT2D eigenvalue weighted by Gasteiger charge is -2.30. The van der Waals surface area contributed by atoms with Gasteiger partial charge in [0.25, 0.3) is 5.91 Å². The number of piperazine rings is 1. The average Bonchev–Trinajstić information content (AvgIpc) is 2.98. The molecule has 3 heterocycles. The summed E-state index contributed by atoms with van der Waals surface area (Å²) in [6, 6.07) is 3.25. The first-order chi connectivity index (χ1) is 12.6. The molecule has 2 N–H and O–H groups in total. The maximum Gasteiger partial charge on any atom is 0.255 e. The number of rotatable bonds is 3. The van der Waals surface area contributed by atoms with E-state index in [1.54, 1.807) is 12.0 Å². The molecule has 3 amide bonds. The number of imide groups is 1. The van der Waals surface area contributed by atoms with Gasteiger partial charge < -0.3 is 19.9 Å². The minimum atomic E-state index is -0.611. The number of hydrogen-bond donors (Lipinski definition) is 2. The van der Waals surface area contributed by atoms with Crippen molar-refractivity contribution in [1.82, 2.24) is 15.5 Å². The molecule has 0 aromatic heterocycles. The van der Waals surface area contributed by atoms with Gasteiger partial charge in [-0.1, -0.05) is 0 Å². The Morgan fingerprint density at radius 2 is 1.92 bits per heavy atom. The number of nitrogens with one attached hydrogen (secondary N) is 2. The number of methoxy groups -OCH3 is 1. The molecule has 2 fully saturated rings. The molecule has 8 heteroatoms. The van der Waals surface area contributed by atoms with Crippen LogP contribution in [-0.2, 0) is 16.1 Å². The van der Waals surface area contributed by atoms with Crippen LogP contribution in [0.25, 0.3) is 0 Å². The predicted molar refractivity (Wildman–Crippen MR) is 94.1 cm³/mol. The second-order valence-electron chi connectivity index (χ2n) is 6.81. The van der Waals surface area contributed by atoms with Crippen molar-refractivity contribution in [2.45, 2.75) is 25.4 Å². The molecule has 0 radical (unpaired) electrons. The van der Waals surface area contributed by atoms with Crippen LogP contribution in [0.1, 0.15) is 28.8 Å². The molecule has 1 atom stereocenters. The van der Waals surface area contributed by atoms with Gasteiger partial charge in [-0.3, -0.25) is 19.7 Å². The summed E-state index contributed by atoms with van der Waals surface area (Å²) < 4.78 is 5.54. The summed E-state index contributed by atoms with van der Waals surface area (Å²) in [7, 11) is 1.59. The number of piperidine rings is 1. The van der Waals surface area contributed by atoms with Crippen LogP contribution < -0.4 is 20.3 Å². The lowest BCUT2D eigenvalue weighted by Crippen LogP contribution is -2.52. The van der Waals surface area contributed by atoms with Crippen molar-refractivity contribution in [1.29, 1.82) is 0 Å². The van der Waals surface area contributed by atoms with Crippen LogP contribution in [0.2, 0.25) is 0 Å². The van der Waals surface area contributed by atoms with E-state index in [0.717, 1.165) is 37.4 Å². The number of ether oxygens (including phenoxy) is 1. The highest BCUT2D eigenvalue weighted by Gasteiger charge is 2.40. The number of carbonyl (C=O) groups excluding carboxylic acids is 3. The molecule has 0 spiro atoms. The summed E-state index contributed by atoms with van der Waals surface area (Å²) >= 11 is 0. The Morgan fingerprint density at radius 3 is 2.62 bits per heavy atom. The van der Waals surface area contributed by atoms with Crippen molar-refractivity contribution in [3.8, 4) is 5.75 Å². The molecule has 4 rings (SSSR count). The van der Waals surface area contributed by atoms with E-state index in [1.165, 1.54) is 0 Å². The largest absolute Gasteiger partial charge is 0.496 e. The highest BCUT2D eigenvalue weighted by Crippen LogP contribution is 2.37. The summed E-state index contributed by atoms with van der Waals surface area (Å²) in [5, 5.41) is 5.64. The normalized spacial score (nSPS) is 23.1. The average molecular weight is 358 g/mol. The topological polar surface area (TPSA) is 91.0 Å². The van der Waals surface area contributed by atoms with E-state index in [0.29, 0.717) is 24.3 Å². The van der Waals surface area contributed by atoms with Crippen LogP contribution in [0.15, 0.2) is 12.1 Å². The van der Waals surface area contributed by atoms with Gasteiger partial charge in [-0.25, -0.2) is 0 Å². The van der Waals surface area contributed by atoms with E-state index in [4.69, 9.17) is 4.74 Å². The van der Waals surface area contributed by atoms with Gasteiger partial charge in [-0.15, -0.1) is 0 Å². The fraction of sp³-hybridized carbons (Fsp3) is 0.500. The third kappa shape index (κ3) is 2.80. The van der Waals surface area contributed by atoms with Gasteiger partial charge in [-0.05, 0) is 12.5 Å². The molecule has 138 valence electrons. The first kappa shape index (κ1) is 16.8. The molecule has 0 saturated carbocycles. The smallest absolute Gasteiger partial charge is 0.255 e. The SMILES string of the molecule is COc1cc(N2CCNCC2)cc2c1CN(C1CCC(=O)NC1=O)C2=O. The van der Waals surface area contributed by atoms with E-state index in [-0.39, 0.29) is 18.2 Å². The van der Waals surface area contributed by atoms with Crippen LogP contribution in [0.5, 0.6) is 5.75 Å². The van der Waals surface area contributed by atoms with Crippen molar-refractivity contribution in [2.24, 2.45) is 0 Å². The summed E-state index contributed by atoms with van der Waals surface area (Å²) in [5.74, 6) is -0.193. The predicted octanol–water partition coefficient (Wildman–Crippen LogP) is -0.134. The first-order valence-corrected chi connectivity index (χ1v) is 8.89. The highest BCUT2D eigenvalue weighted by atomic mass is 16.5. The van der Waals surface area contributed by atoms with Gasteiger partial charge in [0.15, 0.2) is 0 Å². The van der Waals surface area contributed by atoms with Crippen molar-refractivity contribution >= 4 is 23.4 Å². The highest BCUT2D eigenvalue weighted by molar-refractivity contribution is 6.06. The second kappa shape index (κ2) is 6.60. The molecule has 3 aliphatic heterocycles. The molecule has 1 unspecified atom stereocenters. The Balaban J connectivity index is 1.64. The molecule has 0 bridgehead atoms. The van der Waals surface area contributed by atoms with E-state index in [2.05, 4.69) is 15.5 Å². The Kier molecular flexibility index (Phi) is 4.28. The maximum atomic E-state index is 13.0. The second-order valence-corrected chi connectivity index (χ2v) is 6.81. The molecule has 0 aliphatic carbocycles. The van der Waals surface area contributed by atoms with Crippen LogP contribution in [0.4, 0.5) is 5.69 Å². The van der Waals surface area contributed by atoms with Gasteiger partial charge >= 0.3 is 0 Å². The molecule has 1 aromatic carbocycles. The molecular formula is C18H22N4O4. The Hall–Kier alpha value is -2.61. The maximum absolute atomic E-state index is 13.0. The Morgan fingerprint density at radius 1 is 1.15 bits per heavy atom. The number of nitrogens with zero attached hydrogens (tertiary/aromatic N) is 2. The number of hydrogen-bond acceptors (Lipinski definition) is 6. The standard InChI is InChI=1S/C18H22N4O4/c1-26-15-9-11(21-6-4-19-5-7-21)8-12-13(15)10-22(18(12)25)14-2-3-16(23)20-17(14)24/h8-9,14,19H,2-7,10H2,1H3,(H,20,23,24). The van der Waals surface area contributed by atoms with Crippen molar-refractivity contribution in [3.05, 3.63) is 23.3 Å². The van der Waals surface area contributed by atoms with Crippen LogP contribution in [0, 0.1) is 0 Å². The lowest BCUT2D eigenvalue weighted by molar-refractivity contribution is -0.136. The summed E-state index contributed by atoms with van der Waals surface area (Å²) in [6.07, 6.45) is 0.608. The van der Waals surface area contributed by atoms with Crippen molar-refractivity contribution in [2.75, 3.05) is 38.2 Å². The quantitative estimate of drug-likeness (QED) is 0.732. The van der Waals surface area contributed by atoms with Gasteiger partial charge in [0.1, 0.15) is 11.8 Å². The zero-order chi connectivity index (χ0) is 18.3. The molecule has 26 heavy (non-hydrogen) atoms. The van der Waals surface area contributed by atoms with Crippen molar-refractivity contribution < 1.29 is 19.1 Å². The lowest BCUT2D eigenvalue weighted by atomic mass is 10.0. The minimum Gasteiger partial charge on any atom is -0.496 e. The minimum absolute atomic E-state index is 0.176. The molecule has 3 aliphatic rings. The van der Waals surface area contributed by atoms with E-state index in [9.17, 15) is 14.4 Å². The Bertz CT molecular complexity index is 773. The zero-order valence-corrected chi connectivity index (χ0v) is 14.7. The monoisotopic (exact) mass is 358 g/mol. The summed E-state index contributed by atoms with van der Waals surface area (Å²) in [6.45, 7) is 3.86. The fourth-order valence-corrected chi connectivity index (χ4v) is 3.90. The Labute approximate surface area is 151 Å². The molecule has 1 aromatic rings. The van der Waals surface area contributed by atoms with Gasteiger partial charge in [0.2, 0.25) is 11.8 Å². The number of fused-ring (bicyclic) bond motifs is 1.